The summed E-state index contributed by atoms with van der Waals surface area (Å²) in [6.45, 7) is 0. The van der Waals surface area contributed by atoms with Crippen LogP contribution in [0.4, 0.5) is 5.69 Å². The topological polar surface area (TPSA) is 24.4 Å². The van der Waals surface area contributed by atoms with Gasteiger partial charge in [0.15, 0.2) is 0 Å². The van der Waals surface area contributed by atoms with E-state index < -0.39 is 0 Å². The normalized spacial score (nSPS) is 18.4. The van der Waals surface area contributed by atoms with Crippen molar-refractivity contribution in [1.82, 2.24) is 0 Å². The molecule has 3 heteroatoms. The predicted molar refractivity (Wildman–Crippen MR) is 70.1 cm³/mol. The molecule has 0 saturated heterocycles. The summed E-state index contributed by atoms with van der Waals surface area (Å²) < 4.78 is 0.915. The maximum absolute atomic E-state index is 4.68. The molecule has 2 rings (SSSR count). The SMILES string of the molecule is [Se]C(=NC1CCCCC1)Nc1ccccc1. The fourth-order valence-corrected chi connectivity index (χ4v) is 2.61. The van der Waals surface area contributed by atoms with Gasteiger partial charge in [0.05, 0.1) is 0 Å². The first-order chi connectivity index (χ1) is 7.84. The summed E-state index contributed by atoms with van der Waals surface area (Å²) in [4.78, 5) is 4.68. The quantitative estimate of drug-likeness (QED) is 0.503. The molecule has 1 aliphatic rings. The predicted octanol–water partition coefficient (Wildman–Crippen LogP) is 2.96. The van der Waals surface area contributed by atoms with E-state index in [4.69, 9.17) is 0 Å². The Balaban J connectivity index is 1.91. The van der Waals surface area contributed by atoms with Crippen LogP contribution in [-0.2, 0) is 0 Å². The summed E-state index contributed by atoms with van der Waals surface area (Å²) in [6.07, 6.45) is 6.50. The van der Waals surface area contributed by atoms with Crippen LogP contribution in [0.15, 0.2) is 35.3 Å². The minimum atomic E-state index is 0.515. The summed E-state index contributed by atoms with van der Waals surface area (Å²) in [5.41, 5.74) is 1.09. The number of amidine groups is 1. The van der Waals surface area contributed by atoms with Gasteiger partial charge in [-0.15, -0.1) is 0 Å². The van der Waals surface area contributed by atoms with E-state index in [1.807, 2.05) is 30.3 Å². The molecule has 0 spiro atoms. The van der Waals surface area contributed by atoms with Crippen LogP contribution in [0.5, 0.6) is 0 Å². The van der Waals surface area contributed by atoms with Crippen LogP contribution in [0, 0.1) is 0 Å². The molecule has 0 unspecified atom stereocenters. The van der Waals surface area contributed by atoms with Gasteiger partial charge >= 0.3 is 105 Å². The minimum absolute atomic E-state index is 0.515. The maximum atomic E-state index is 4.68. The van der Waals surface area contributed by atoms with Crippen LogP contribution >= 0.6 is 0 Å². The Morgan fingerprint density at radius 1 is 1.12 bits per heavy atom. The van der Waals surface area contributed by atoms with E-state index >= 15 is 0 Å². The van der Waals surface area contributed by atoms with Gasteiger partial charge < -0.3 is 0 Å². The molecule has 85 valence electrons. The van der Waals surface area contributed by atoms with Crippen LogP contribution < -0.4 is 5.32 Å². The molecule has 1 radical (unpaired) electrons. The molecule has 2 nitrogen and oxygen atoms in total. The Morgan fingerprint density at radius 2 is 1.81 bits per heavy atom. The molecule has 0 heterocycles. The van der Waals surface area contributed by atoms with Crippen LogP contribution in [0.3, 0.4) is 0 Å². The van der Waals surface area contributed by atoms with Crippen molar-refractivity contribution in [3.63, 3.8) is 0 Å². The van der Waals surface area contributed by atoms with E-state index in [2.05, 4.69) is 26.3 Å². The Bertz CT molecular complexity index is 342. The molecule has 1 aromatic carbocycles. The van der Waals surface area contributed by atoms with Crippen molar-refractivity contribution in [2.24, 2.45) is 4.99 Å². The molecule has 1 N–H and O–H groups in total. The standard InChI is InChI=1S/C13H17N2Se/c16-13(14-11-7-3-1-4-8-11)15-12-9-5-2-6-10-12/h1,3-4,7-8,12H,2,5-6,9-10H2,(H,14,15). The number of benzene rings is 1. The number of hydrogen-bond donors (Lipinski definition) is 1. The van der Waals surface area contributed by atoms with Crippen LogP contribution in [0.25, 0.3) is 0 Å². The van der Waals surface area contributed by atoms with Gasteiger partial charge in [-0.05, 0) is 0 Å². The molecule has 1 fully saturated rings. The number of hydrogen-bond acceptors (Lipinski definition) is 1. The van der Waals surface area contributed by atoms with Crippen molar-refractivity contribution >= 4 is 26.4 Å². The van der Waals surface area contributed by atoms with Gasteiger partial charge in [-0.25, -0.2) is 0 Å². The van der Waals surface area contributed by atoms with Gasteiger partial charge in [-0.2, -0.15) is 0 Å². The van der Waals surface area contributed by atoms with Gasteiger partial charge in [0.25, 0.3) is 0 Å². The summed E-state index contributed by atoms with van der Waals surface area (Å²) in [5.74, 6) is 0. The van der Waals surface area contributed by atoms with Crippen molar-refractivity contribution in [2.75, 3.05) is 5.32 Å². The molecule has 0 amide bonds. The van der Waals surface area contributed by atoms with Crippen molar-refractivity contribution in [1.29, 1.82) is 0 Å². The monoisotopic (exact) mass is 281 g/mol. The van der Waals surface area contributed by atoms with E-state index in [0.29, 0.717) is 6.04 Å². The summed E-state index contributed by atoms with van der Waals surface area (Å²) in [5, 5.41) is 3.28. The fourth-order valence-electron chi connectivity index (χ4n) is 2.05. The fraction of sp³-hybridized carbons (Fsp3) is 0.462. The number of anilines is 1. The molecule has 0 atom stereocenters. The second-order valence-corrected chi connectivity index (χ2v) is 5.03. The number of nitrogens with one attached hydrogen (secondary N) is 1. The van der Waals surface area contributed by atoms with Crippen LogP contribution in [0.1, 0.15) is 32.1 Å². The summed E-state index contributed by atoms with van der Waals surface area (Å²) in [6, 6.07) is 10.7. The van der Waals surface area contributed by atoms with Gasteiger partial charge in [-0.1, -0.05) is 0 Å². The Hall–Kier alpha value is -0.791. The molecular formula is C13H17N2Se. The van der Waals surface area contributed by atoms with Crippen molar-refractivity contribution in [3.8, 4) is 0 Å². The molecule has 1 aromatic rings. The molecular weight excluding hydrogens is 263 g/mol. The van der Waals surface area contributed by atoms with Gasteiger partial charge in [0.2, 0.25) is 0 Å². The van der Waals surface area contributed by atoms with Crippen molar-refractivity contribution in [2.45, 2.75) is 38.1 Å². The first-order valence-corrected chi connectivity index (χ1v) is 6.77. The van der Waals surface area contributed by atoms with Crippen LogP contribution in [0.2, 0.25) is 0 Å². The second-order valence-electron chi connectivity index (χ2n) is 4.22. The number of rotatable bonds is 2. The molecule has 16 heavy (non-hydrogen) atoms. The molecule has 0 aliphatic heterocycles. The first-order valence-electron chi connectivity index (χ1n) is 5.91. The van der Waals surface area contributed by atoms with Gasteiger partial charge in [0, 0.05) is 0 Å². The average molecular weight is 280 g/mol. The zero-order valence-corrected chi connectivity index (χ0v) is 11.1. The average Bonchev–Trinajstić information content (AvgIpc) is 2.31. The Labute approximate surface area is 105 Å². The summed E-state index contributed by atoms with van der Waals surface area (Å²) in [7, 11) is 0. The summed E-state index contributed by atoms with van der Waals surface area (Å²) >= 11 is 3.01. The third-order valence-electron chi connectivity index (χ3n) is 2.90. The molecule has 0 bridgehead atoms. The Morgan fingerprint density at radius 3 is 2.50 bits per heavy atom. The van der Waals surface area contributed by atoms with Crippen molar-refractivity contribution in [3.05, 3.63) is 30.3 Å². The molecule has 1 saturated carbocycles. The number of nitrogens with zero attached hydrogens (tertiary/aromatic N) is 1. The second kappa shape index (κ2) is 6.07. The number of para-hydroxylation sites is 1. The van der Waals surface area contributed by atoms with E-state index in [1.165, 1.54) is 32.1 Å². The Kier molecular flexibility index (Phi) is 4.43. The van der Waals surface area contributed by atoms with E-state index in [0.717, 1.165) is 10.4 Å². The van der Waals surface area contributed by atoms with E-state index in [9.17, 15) is 0 Å². The first kappa shape index (κ1) is 11.7. The zero-order valence-electron chi connectivity index (χ0n) is 9.36. The third kappa shape index (κ3) is 3.66. The number of aliphatic imine (C=N–C) groups is 1. The third-order valence-corrected chi connectivity index (χ3v) is 3.33. The van der Waals surface area contributed by atoms with Gasteiger partial charge in [-0.3, -0.25) is 0 Å². The van der Waals surface area contributed by atoms with Crippen molar-refractivity contribution < 1.29 is 0 Å². The van der Waals surface area contributed by atoms with E-state index in [1.54, 1.807) is 0 Å². The molecule has 0 aromatic heterocycles. The van der Waals surface area contributed by atoms with Gasteiger partial charge in [0.1, 0.15) is 0 Å². The zero-order chi connectivity index (χ0) is 11.2. The van der Waals surface area contributed by atoms with Crippen LogP contribution in [-0.4, -0.2) is 26.8 Å². The van der Waals surface area contributed by atoms with E-state index in [-0.39, 0.29) is 0 Å². The molecule has 1 aliphatic carbocycles.